The lowest BCUT2D eigenvalue weighted by Crippen LogP contribution is -1.96. The first-order chi connectivity index (χ1) is 10.2. The molecule has 0 aliphatic rings. The smallest absolute Gasteiger partial charge is 0.0629 e. The Hall–Kier alpha value is -2.26. The van der Waals surface area contributed by atoms with Crippen molar-refractivity contribution < 1.29 is 0 Å². The predicted molar refractivity (Wildman–Crippen MR) is 93.7 cm³/mol. The van der Waals surface area contributed by atoms with Gasteiger partial charge in [0.25, 0.3) is 0 Å². The van der Waals surface area contributed by atoms with Crippen LogP contribution in [0.15, 0.2) is 77.3 Å². The lowest BCUT2D eigenvalue weighted by atomic mass is 10.1. The summed E-state index contributed by atoms with van der Waals surface area (Å²) in [5.41, 5.74) is 11.0. The standard InChI is InChI=1S/C18H15BrN2/c19-15-8-11-17(20)18(12-15)21-16-9-6-14(7-10-16)13-4-2-1-3-5-13/h1-12,21H,20H2. The van der Waals surface area contributed by atoms with Crippen molar-refractivity contribution in [3.63, 3.8) is 0 Å². The van der Waals surface area contributed by atoms with Crippen LogP contribution >= 0.6 is 15.9 Å². The molecule has 3 N–H and O–H groups in total. The highest BCUT2D eigenvalue weighted by atomic mass is 79.9. The van der Waals surface area contributed by atoms with E-state index >= 15 is 0 Å². The van der Waals surface area contributed by atoms with Gasteiger partial charge in [-0.05, 0) is 41.5 Å². The minimum absolute atomic E-state index is 0.727. The van der Waals surface area contributed by atoms with E-state index in [1.165, 1.54) is 11.1 Å². The summed E-state index contributed by atoms with van der Waals surface area (Å²) in [5.74, 6) is 0. The van der Waals surface area contributed by atoms with Crippen molar-refractivity contribution in [1.29, 1.82) is 0 Å². The Morgan fingerprint density at radius 2 is 1.43 bits per heavy atom. The van der Waals surface area contributed by atoms with E-state index < -0.39 is 0 Å². The summed E-state index contributed by atoms with van der Waals surface area (Å²) in [6, 6.07) is 24.4. The van der Waals surface area contributed by atoms with Gasteiger partial charge in [0.05, 0.1) is 11.4 Å². The molecular weight excluding hydrogens is 324 g/mol. The van der Waals surface area contributed by atoms with Gasteiger partial charge in [0, 0.05) is 10.2 Å². The molecule has 3 rings (SSSR count). The maximum atomic E-state index is 5.97. The van der Waals surface area contributed by atoms with E-state index in [0.29, 0.717) is 0 Å². The molecule has 0 fully saturated rings. The largest absolute Gasteiger partial charge is 0.397 e. The Balaban J connectivity index is 1.83. The minimum Gasteiger partial charge on any atom is -0.397 e. The number of hydrogen-bond acceptors (Lipinski definition) is 2. The first-order valence-corrected chi connectivity index (χ1v) is 7.49. The third kappa shape index (κ3) is 3.26. The van der Waals surface area contributed by atoms with E-state index in [1.807, 2.05) is 36.4 Å². The summed E-state index contributed by atoms with van der Waals surface area (Å²) in [6.07, 6.45) is 0. The SMILES string of the molecule is Nc1ccc(Br)cc1Nc1ccc(-c2ccccc2)cc1. The molecule has 2 nitrogen and oxygen atoms in total. The molecular formula is C18H15BrN2. The first kappa shape index (κ1) is 13.7. The molecule has 0 amide bonds. The minimum atomic E-state index is 0.727. The zero-order valence-corrected chi connectivity index (χ0v) is 13.0. The maximum absolute atomic E-state index is 5.97. The van der Waals surface area contributed by atoms with Gasteiger partial charge in [0.1, 0.15) is 0 Å². The zero-order chi connectivity index (χ0) is 14.7. The fourth-order valence-corrected chi connectivity index (χ4v) is 2.53. The van der Waals surface area contributed by atoms with Crippen LogP contribution in [-0.4, -0.2) is 0 Å². The van der Waals surface area contributed by atoms with Gasteiger partial charge in [-0.2, -0.15) is 0 Å². The normalized spacial score (nSPS) is 10.3. The molecule has 0 heterocycles. The quantitative estimate of drug-likeness (QED) is 0.624. The van der Waals surface area contributed by atoms with Crippen LogP contribution in [0.5, 0.6) is 0 Å². The lowest BCUT2D eigenvalue weighted by molar-refractivity contribution is 1.52. The summed E-state index contributed by atoms with van der Waals surface area (Å²) in [7, 11) is 0. The molecule has 0 aliphatic carbocycles. The van der Waals surface area contributed by atoms with Crippen LogP contribution in [0.4, 0.5) is 17.1 Å². The highest BCUT2D eigenvalue weighted by molar-refractivity contribution is 9.10. The topological polar surface area (TPSA) is 38.0 Å². The van der Waals surface area contributed by atoms with Crippen LogP contribution in [-0.2, 0) is 0 Å². The molecule has 104 valence electrons. The van der Waals surface area contributed by atoms with Crippen molar-refractivity contribution in [3.05, 3.63) is 77.3 Å². The van der Waals surface area contributed by atoms with Gasteiger partial charge in [-0.15, -0.1) is 0 Å². The average molecular weight is 339 g/mol. The Morgan fingerprint density at radius 3 is 2.14 bits per heavy atom. The van der Waals surface area contributed by atoms with Crippen LogP contribution in [0.1, 0.15) is 0 Å². The molecule has 0 radical (unpaired) electrons. The van der Waals surface area contributed by atoms with Gasteiger partial charge in [-0.1, -0.05) is 58.4 Å². The van der Waals surface area contributed by atoms with Crippen molar-refractivity contribution >= 4 is 33.0 Å². The van der Waals surface area contributed by atoms with Crippen molar-refractivity contribution in [1.82, 2.24) is 0 Å². The fraction of sp³-hybridized carbons (Fsp3) is 0. The van der Waals surface area contributed by atoms with Crippen molar-refractivity contribution in [3.8, 4) is 11.1 Å². The predicted octanol–water partition coefficient (Wildman–Crippen LogP) is 5.44. The number of hydrogen-bond donors (Lipinski definition) is 2. The number of nitrogen functional groups attached to an aromatic ring is 1. The second kappa shape index (κ2) is 6.02. The summed E-state index contributed by atoms with van der Waals surface area (Å²) in [6.45, 7) is 0. The van der Waals surface area contributed by atoms with Crippen LogP contribution < -0.4 is 11.1 Å². The highest BCUT2D eigenvalue weighted by Crippen LogP contribution is 2.28. The first-order valence-electron chi connectivity index (χ1n) is 6.70. The van der Waals surface area contributed by atoms with Gasteiger partial charge < -0.3 is 11.1 Å². The highest BCUT2D eigenvalue weighted by Gasteiger charge is 2.02. The van der Waals surface area contributed by atoms with Gasteiger partial charge >= 0.3 is 0 Å². The van der Waals surface area contributed by atoms with Gasteiger partial charge in [-0.3, -0.25) is 0 Å². The van der Waals surface area contributed by atoms with E-state index in [2.05, 4.69) is 57.6 Å². The molecule has 0 bridgehead atoms. The number of halogens is 1. The second-order valence-electron chi connectivity index (χ2n) is 4.80. The fourth-order valence-electron chi connectivity index (χ4n) is 2.17. The molecule has 0 unspecified atom stereocenters. The lowest BCUT2D eigenvalue weighted by Gasteiger charge is -2.10. The number of nitrogens with two attached hydrogens (primary N) is 1. The Kier molecular flexibility index (Phi) is 3.93. The molecule has 3 heteroatoms. The van der Waals surface area contributed by atoms with E-state index in [0.717, 1.165) is 21.5 Å². The summed E-state index contributed by atoms with van der Waals surface area (Å²) in [4.78, 5) is 0. The van der Waals surface area contributed by atoms with E-state index in [1.54, 1.807) is 0 Å². The monoisotopic (exact) mass is 338 g/mol. The third-order valence-corrected chi connectivity index (χ3v) is 3.78. The molecule has 0 aliphatic heterocycles. The van der Waals surface area contributed by atoms with Crippen LogP contribution in [0.25, 0.3) is 11.1 Å². The zero-order valence-electron chi connectivity index (χ0n) is 11.4. The number of rotatable bonds is 3. The molecule has 0 atom stereocenters. The number of benzene rings is 3. The summed E-state index contributed by atoms with van der Waals surface area (Å²) >= 11 is 3.46. The van der Waals surface area contributed by atoms with Crippen molar-refractivity contribution in [2.45, 2.75) is 0 Å². The summed E-state index contributed by atoms with van der Waals surface area (Å²) < 4.78 is 1.00. The van der Waals surface area contributed by atoms with E-state index in [4.69, 9.17) is 5.73 Å². The molecule has 21 heavy (non-hydrogen) atoms. The van der Waals surface area contributed by atoms with Gasteiger partial charge in [0.15, 0.2) is 0 Å². The number of nitrogens with one attached hydrogen (secondary N) is 1. The molecule has 0 spiro atoms. The Labute approximate surface area is 132 Å². The average Bonchev–Trinajstić information content (AvgIpc) is 2.53. The van der Waals surface area contributed by atoms with Gasteiger partial charge in [0.2, 0.25) is 0 Å². The second-order valence-corrected chi connectivity index (χ2v) is 5.72. The van der Waals surface area contributed by atoms with Crippen LogP contribution in [0, 0.1) is 0 Å². The Bertz CT molecular complexity index is 737. The van der Waals surface area contributed by atoms with Gasteiger partial charge in [-0.25, -0.2) is 0 Å². The van der Waals surface area contributed by atoms with E-state index in [9.17, 15) is 0 Å². The third-order valence-electron chi connectivity index (χ3n) is 3.29. The van der Waals surface area contributed by atoms with E-state index in [-0.39, 0.29) is 0 Å². The van der Waals surface area contributed by atoms with Crippen LogP contribution in [0.3, 0.4) is 0 Å². The molecule has 0 saturated heterocycles. The summed E-state index contributed by atoms with van der Waals surface area (Å²) in [5, 5.41) is 3.34. The van der Waals surface area contributed by atoms with Crippen molar-refractivity contribution in [2.24, 2.45) is 0 Å². The van der Waals surface area contributed by atoms with Crippen molar-refractivity contribution in [2.75, 3.05) is 11.1 Å². The molecule has 3 aromatic rings. The molecule has 0 saturated carbocycles. The maximum Gasteiger partial charge on any atom is 0.0629 e. The van der Waals surface area contributed by atoms with Crippen LogP contribution in [0.2, 0.25) is 0 Å². The molecule has 3 aromatic carbocycles. The molecule has 0 aromatic heterocycles. The Morgan fingerprint density at radius 1 is 0.762 bits per heavy atom. The number of anilines is 3.